The molecular weight excluding hydrogens is 270 g/mol. The van der Waals surface area contributed by atoms with E-state index in [1.165, 1.54) is 5.56 Å². The first-order chi connectivity index (χ1) is 8.74. The fraction of sp³-hybridized carbons (Fsp3) is 0.231. The number of rotatable bonds is 3. The van der Waals surface area contributed by atoms with Crippen molar-refractivity contribution in [3.05, 3.63) is 39.5 Å². The molecule has 0 fully saturated rings. The van der Waals surface area contributed by atoms with Gasteiger partial charge in [-0.2, -0.15) is 11.3 Å². The first kappa shape index (κ1) is 11.7. The van der Waals surface area contributed by atoms with Gasteiger partial charge in [-0.15, -0.1) is 0 Å². The smallest absolute Gasteiger partial charge is 0.231 e. The van der Waals surface area contributed by atoms with Crippen LogP contribution >= 0.6 is 22.9 Å². The summed E-state index contributed by atoms with van der Waals surface area (Å²) < 4.78 is 10.6. The minimum absolute atomic E-state index is 0.203. The predicted molar refractivity (Wildman–Crippen MR) is 73.9 cm³/mol. The lowest BCUT2D eigenvalue weighted by molar-refractivity contribution is 0.174. The number of nitrogens with one attached hydrogen (secondary N) is 1. The van der Waals surface area contributed by atoms with E-state index in [2.05, 4.69) is 29.1 Å². The first-order valence-electron chi connectivity index (χ1n) is 5.62. The van der Waals surface area contributed by atoms with Gasteiger partial charge in [-0.05, 0) is 29.3 Å². The highest BCUT2D eigenvalue weighted by Crippen LogP contribution is 2.40. The van der Waals surface area contributed by atoms with Crippen molar-refractivity contribution in [3.63, 3.8) is 0 Å². The average molecular weight is 282 g/mol. The van der Waals surface area contributed by atoms with Gasteiger partial charge in [0, 0.05) is 18.2 Å². The van der Waals surface area contributed by atoms with Crippen LogP contribution in [-0.2, 0) is 0 Å². The molecule has 3 rings (SSSR count). The van der Waals surface area contributed by atoms with Crippen LogP contribution in [0, 0.1) is 0 Å². The quantitative estimate of drug-likeness (QED) is 0.910. The van der Waals surface area contributed by atoms with Gasteiger partial charge in [0.05, 0.1) is 10.7 Å². The Balaban J connectivity index is 1.85. The Labute approximate surface area is 114 Å². The molecule has 0 bridgehead atoms. The molecule has 1 aliphatic heterocycles. The number of halogens is 1. The number of fused-ring (bicyclic) bond motifs is 1. The largest absolute Gasteiger partial charge is 0.454 e. The van der Waals surface area contributed by atoms with Crippen LogP contribution in [0.1, 0.15) is 18.5 Å². The summed E-state index contributed by atoms with van der Waals surface area (Å²) >= 11 is 7.90. The molecule has 0 amide bonds. The molecular formula is C13H12ClNO2S. The standard InChI is InChI=1S/C13H12ClNO2S/c1-8(9-2-3-18-6-9)15-11-5-13-12(4-10(11)14)16-7-17-13/h2-6,8,15H,7H2,1H3. The summed E-state index contributed by atoms with van der Waals surface area (Å²) in [5.41, 5.74) is 2.10. The van der Waals surface area contributed by atoms with E-state index in [1.807, 2.05) is 6.07 Å². The van der Waals surface area contributed by atoms with Crippen molar-refractivity contribution in [1.29, 1.82) is 0 Å². The SMILES string of the molecule is CC(Nc1cc2c(cc1Cl)OCO2)c1ccsc1. The van der Waals surface area contributed by atoms with Crippen LogP contribution in [0.2, 0.25) is 5.02 Å². The van der Waals surface area contributed by atoms with Crippen molar-refractivity contribution >= 4 is 28.6 Å². The average Bonchev–Trinajstić information content (AvgIpc) is 2.98. The van der Waals surface area contributed by atoms with Crippen LogP contribution in [-0.4, -0.2) is 6.79 Å². The van der Waals surface area contributed by atoms with Gasteiger partial charge in [0.1, 0.15) is 0 Å². The van der Waals surface area contributed by atoms with Gasteiger partial charge in [-0.25, -0.2) is 0 Å². The summed E-state index contributed by atoms with van der Waals surface area (Å²) in [4.78, 5) is 0. The van der Waals surface area contributed by atoms with Gasteiger partial charge < -0.3 is 14.8 Å². The summed E-state index contributed by atoms with van der Waals surface area (Å²) in [6.07, 6.45) is 0. The number of hydrogen-bond donors (Lipinski definition) is 1. The normalized spacial score (nSPS) is 14.6. The fourth-order valence-electron chi connectivity index (χ4n) is 1.87. The Hall–Kier alpha value is -1.39. The third kappa shape index (κ3) is 2.13. The number of ether oxygens (including phenoxy) is 2. The van der Waals surface area contributed by atoms with Gasteiger partial charge in [0.2, 0.25) is 6.79 Å². The summed E-state index contributed by atoms with van der Waals surface area (Å²) in [5, 5.41) is 8.21. The van der Waals surface area contributed by atoms with Gasteiger partial charge in [0.15, 0.2) is 11.5 Å². The van der Waals surface area contributed by atoms with Crippen LogP contribution in [0.5, 0.6) is 11.5 Å². The number of hydrogen-bond acceptors (Lipinski definition) is 4. The molecule has 1 N–H and O–H groups in total. The molecule has 94 valence electrons. The zero-order valence-electron chi connectivity index (χ0n) is 9.77. The Morgan fingerprint density at radius 2 is 2.11 bits per heavy atom. The molecule has 0 aliphatic carbocycles. The Bertz CT molecular complexity index is 556. The lowest BCUT2D eigenvalue weighted by Gasteiger charge is -2.15. The summed E-state index contributed by atoms with van der Waals surface area (Å²) in [6, 6.07) is 5.97. The maximum Gasteiger partial charge on any atom is 0.231 e. The summed E-state index contributed by atoms with van der Waals surface area (Å²) in [6.45, 7) is 2.36. The van der Waals surface area contributed by atoms with E-state index in [4.69, 9.17) is 21.1 Å². The van der Waals surface area contributed by atoms with Crippen molar-refractivity contribution in [2.45, 2.75) is 13.0 Å². The third-order valence-corrected chi connectivity index (χ3v) is 3.89. The number of thiophene rings is 1. The highest BCUT2D eigenvalue weighted by molar-refractivity contribution is 7.08. The summed E-state index contributed by atoms with van der Waals surface area (Å²) in [5.74, 6) is 1.44. The molecule has 2 heterocycles. The van der Waals surface area contributed by atoms with Crippen molar-refractivity contribution < 1.29 is 9.47 Å². The van der Waals surface area contributed by atoms with Gasteiger partial charge in [-0.1, -0.05) is 11.6 Å². The number of benzene rings is 1. The zero-order chi connectivity index (χ0) is 12.5. The molecule has 5 heteroatoms. The Morgan fingerprint density at radius 3 is 2.83 bits per heavy atom. The van der Waals surface area contributed by atoms with E-state index in [1.54, 1.807) is 17.4 Å². The second-order valence-electron chi connectivity index (χ2n) is 4.11. The maximum atomic E-state index is 6.22. The highest BCUT2D eigenvalue weighted by Gasteiger charge is 2.17. The van der Waals surface area contributed by atoms with Crippen LogP contribution in [0.25, 0.3) is 0 Å². The fourth-order valence-corrected chi connectivity index (χ4v) is 2.83. The molecule has 1 atom stereocenters. The van der Waals surface area contributed by atoms with Gasteiger partial charge >= 0.3 is 0 Å². The minimum atomic E-state index is 0.203. The van der Waals surface area contributed by atoms with E-state index in [9.17, 15) is 0 Å². The van der Waals surface area contributed by atoms with Crippen molar-refractivity contribution in [2.75, 3.05) is 12.1 Å². The molecule has 0 saturated heterocycles. The second kappa shape index (κ2) is 4.71. The molecule has 1 aliphatic rings. The van der Waals surface area contributed by atoms with Crippen LogP contribution in [0.4, 0.5) is 5.69 Å². The van der Waals surface area contributed by atoms with Crippen molar-refractivity contribution in [2.24, 2.45) is 0 Å². The number of anilines is 1. The predicted octanol–water partition coefficient (Wildman–Crippen LogP) is 4.30. The van der Waals surface area contributed by atoms with Crippen LogP contribution in [0.3, 0.4) is 0 Å². The molecule has 1 unspecified atom stereocenters. The molecule has 1 aromatic carbocycles. The van der Waals surface area contributed by atoms with E-state index in [-0.39, 0.29) is 12.8 Å². The third-order valence-electron chi connectivity index (χ3n) is 2.88. The topological polar surface area (TPSA) is 30.5 Å². The molecule has 2 aromatic rings. The van der Waals surface area contributed by atoms with Gasteiger partial charge in [-0.3, -0.25) is 0 Å². The lowest BCUT2D eigenvalue weighted by atomic mass is 10.1. The van der Waals surface area contributed by atoms with E-state index in [0.717, 1.165) is 11.4 Å². The van der Waals surface area contributed by atoms with E-state index < -0.39 is 0 Å². The zero-order valence-corrected chi connectivity index (χ0v) is 11.3. The molecule has 1 aromatic heterocycles. The molecule has 0 radical (unpaired) electrons. The Morgan fingerprint density at radius 1 is 1.33 bits per heavy atom. The van der Waals surface area contributed by atoms with E-state index >= 15 is 0 Å². The van der Waals surface area contributed by atoms with E-state index in [0.29, 0.717) is 10.8 Å². The molecule has 0 spiro atoms. The minimum Gasteiger partial charge on any atom is -0.454 e. The lowest BCUT2D eigenvalue weighted by Crippen LogP contribution is -2.05. The maximum absolute atomic E-state index is 6.22. The van der Waals surface area contributed by atoms with Crippen LogP contribution in [0.15, 0.2) is 29.0 Å². The van der Waals surface area contributed by atoms with Crippen molar-refractivity contribution in [1.82, 2.24) is 0 Å². The first-order valence-corrected chi connectivity index (χ1v) is 6.94. The molecule has 0 saturated carbocycles. The monoisotopic (exact) mass is 281 g/mol. The van der Waals surface area contributed by atoms with Crippen molar-refractivity contribution in [3.8, 4) is 11.5 Å². The molecule has 3 nitrogen and oxygen atoms in total. The molecule has 18 heavy (non-hydrogen) atoms. The summed E-state index contributed by atoms with van der Waals surface area (Å²) in [7, 11) is 0. The van der Waals surface area contributed by atoms with Gasteiger partial charge in [0.25, 0.3) is 0 Å². The second-order valence-corrected chi connectivity index (χ2v) is 5.30. The highest BCUT2D eigenvalue weighted by atomic mass is 35.5. The Kier molecular flexibility index (Phi) is 3.06. The van der Waals surface area contributed by atoms with Crippen LogP contribution < -0.4 is 14.8 Å².